The summed E-state index contributed by atoms with van der Waals surface area (Å²) in [4.78, 5) is 25.1. The number of carbonyl (C=O) groups is 2. The Morgan fingerprint density at radius 1 is 1.08 bits per heavy atom. The van der Waals surface area contributed by atoms with Gasteiger partial charge in [0, 0.05) is 25.1 Å². The van der Waals surface area contributed by atoms with Gasteiger partial charge >= 0.3 is 0 Å². The van der Waals surface area contributed by atoms with Crippen LogP contribution in [0.4, 0.5) is 0 Å². The highest BCUT2D eigenvalue weighted by Crippen LogP contribution is 2.49. The van der Waals surface area contributed by atoms with Crippen molar-refractivity contribution in [3.8, 4) is 0 Å². The molecule has 0 saturated heterocycles. The van der Waals surface area contributed by atoms with Crippen molar-refractivity contribution in [2.45, 2.75) is 39.0 Å². The molecular weight excluding hydrogens is 322 g/mol. The molecule has 0 radical (unpaired) electrons. The molecule has 2 aromatic carbocycles. The summed E-state index contributed by atoms with van der Waals surface area (Å²) < 4.78 is 0. The number of hydrogen-bond acceptors (Lipinski definition) is 2. The number of aldehydes is 1. The van der Waals surface area contributed by atoms with Crippen LogP contribution in [0.5, 0.6) is 0 Å². The summed E-state index contributed by atoms with van der Waals surface area (Å²) in [5.74, 6) is 1.16. The number of amides is 1. The van der Waals surface area contributed by atoms with Gasteiger partial charge in [0.2, 0.25) is 0 Å². The maximum absolute atomic E-state index is 12.6. The van der Waals surface area contributed by atoms with Gasteiger partial charge in [-0.3, -0.25) is 4.79 Å². The summed E-state index contributed by atoms with van der Waals surface area (Å²) in [5, 5.41) is 0. The molecule has 2 atom stereocenters. The van der Waals surface area contributed by atoms with Crippen LogP contribution >= 0.6 is 0 Å². The first-order chi connectivity index (χ1) is 12.7. The first-order valence-corrected chi connectivity index (χ1v) is 9.56. The van der Waals surface area contributed by atoms with Gasteiger partial charge < -0.3 is 9.69 Å². The van der Waals surface area contributed by atoms with Crippen LogP contribution in [-0.2, 0) is 11.2 Å². The van der Waals surface area contributed by atoms with E-state index in [0.717, 1.165) is 43.3 Å². The zero-order valence-corrected chi connectivity index (χ0v) is 15.7. The molecule has 0 N–H and O–H groups in total. The zero-order valence-electron chi connectivity index (χ0n) is 15.7. The lowest BCUT2D eigenvalue weighted by Crippen LogP contribution is -2.30. The Labute approximate surface area is 156 Å². The molecular formula is C23H27NO2. The number of carbonyl (C=O) groups excluding carboxylic acids is 2. The lowest BCUT2D eigenvalue weighted by molar-refractivity contribution is -0.108. The Morgan fingerprint density at radius 3 is 2.46 bits per heavy atom. The average molecular weight is 349 g/mol. The third-order valence-corrected chi connectivity index (χ3v) is 5.33. The summed E-state index contributed by atoms with van der Waals surface area (Å²) in [5.41, 5.74) is 4.51. The van der Waals surface area contributed by atoms with Crippen LogP contribution in [0.25, 0.3) is 0 Å². The van der Waals surface area contributed by atoms with Gasteiger partial charge in [-0.1, -0.05) is 36.4 Å². The number of hydrogen-bond donors (Lipinski definition) is 0. The maximum atomic E-state index is 12.6. The highest BCUT2D eigenvalue weighted by Gasteiger charge is 2.37. The lowest BCUT2D eigenvalue weighted by Gasteiger charge is -2.19. The van der Waals surface area contributed by atoms with Crippen molar-refractivity contribution in [3.05, 3.63) is 70.8 Å². The van der Waals surface area contributed by atoms with Crippen molar-refractivity contribution in [2.24, 2.45) is 5.92 Å². The normalized spacial score (nSPS) is 18.4. The van der Waals surface area contributed by atoms with Gasteiger partial charge in [-0.15, -0.1) is 0 Å². The quantitative estimate of drug-likeness (QED) is 0.660. The van der Waals surface area contributed by atoms with Gasteiger partial charge in [0.15, 0.2) is 0 Å². The standard InChI is InChI=1S/C23H27NO2/c1-3-24(4-2)23(26)21-10-6-8-18(15-21)13-17-7-5-9-19(14-17)22-16-20(22)11-12-25/h5-10,12,14-15,20,22H,3-4,11,13,16H2,1-2H3. The zero-order chi connectivity index (χ0) is 18.5. The Hall–Kier alpha value is -2.42. The van der Waals surface area contributed by atoms with E-state index in [0.29, 0.717) is 18.3 Å². The van der Waals surface area contributed by atoms with E-state index in [-0.39, 0.29) is 5.91 Å². The van der Waals surface area contributed by atoms with Crippen LogP contribution in [0.15, 0.2) is 48.5 Å². The molecule has 136 valence electrons. The molecule has 3 heteroatoms. The average Bonchev–Trinajstić information content (AvgIpc) is 3.43. The van der Waals surface area contributed by atoms with E-state index in [1.54, 1.807) is 0 Å². The van der Waals surface area contributed by atoms with Crippen molar-refractivity contribution in [2.75, 3.05) is 13.1 Å². The van der Waals surface area contributed by atoms with Crippen molar-refractivity contribution >= 4 is 12.2 Å². The molecule has 0 bridgehead atoms. The van der Waals surface area contributed by atoms with Crippen molar-refractivity contribution in [3.63, 3.8) is 0 Å². The molecule has 0 spiro atoms. The second-order valence-corrected chi connectivity index (χ2v) is 7.10. The fourth-order valence-corrected chi connectivity index (χ4v) is 3.72. The third-order valence-electron chi connectivity index (χ3n) is 5.33. The SMILES string of the molecule is CCN(CC)C(=O)c1cccc(Cc2cccc(C3CC3CC=O)c2)c1. The van der Waals surface area contributed by atoms with Gasteiger partial charge in [0.1, 0.15) is 6.29 Å². The maximum Gasteiger partial charge on any atom is 0.253 e. The molecule has 0 aromatic heterocycles. The molecule has 2 aromatic rings. The minimum Gasteiger partial charge on any atom is -0.339 e. The van der Waals surface area contributed by atoms with Gasteiger partial charge in [0.25, 0.3) is 5.91 Å². The molecule has 1 saturated carbocycles. The van der Waals surface area contributed by atoms with Crippen molar-refractivity contribution in [1.29, 1.82) is 0 Å². The van der Waals surface area contributed by atoms with E-state index < -0.39 is 0 Å². The van der Waals surface area contributed by atoms with Crippen LogP contribution in [0, 0.1) is 5.92 Å². The number of benzene rings is 2. The van der Waals surface area contributed by atoms with Crippen LogP contribution in [-0.4, -0.2) is 30.2 Å². The van der Waals surface area contributed by atoms with Gasteiger partial charge in [-0.05, 0) is 67.3 Å². The number of rotatable bonds is 8. The van der Waals surface area contributed by atoms with Gasteiger partial charge in [-0.2, -0.15) is 0 Å². The van der Waals surface area contributed by atoms with Gasteiger partial charge in [0.05, 0.1) is 0 Å². The highest BCUT2D eigenvalue weighted by atomic mass is 16.2. The second-order valence-electron chi connectivity index (χ2n) is 7.10. The van der Waals surface area contributed by atoms with E-state index >= 15 is 0 Å². The Kier molecular flexibility index (Phi) is 5.87. The molecule has 1 aliphatic carbocycles. The highest BCUT2D eigenvalue weighted by molar-refractivity contribution is 5.94. The fourth-order valence-electron chi connectivity index (χ4n) is 3.72. The van der Waals surface area contributed by atoms with Crippen LogP contribution in [0.1, 0.15) is 59.7 Å². The molecule has 1 fully saturated rings. The lowest BCUT2D eigenvalue weighted by atomic mass is 9.99. The predicted molar refractivity (Wildman–Crippen MR) is 104 cm³/mol. The fraction of sp³-hybridized carbons (Fsp3) is 0.391. The number of nitrogens with zero attached hydrogens (tertiary/aromatic N) is 1. The van der Waals surface area contributed by atoms with E-state index in [2.05, 4.69) is 30.3 Å². The first kappa shape index (κ1) is 18.4. The van der Waals surface area contributed by atoms with E-state index in [1.165, 1.54) is 11.1 Å². The topological polar surface area (TPSA) is 37.4 Å². The summed E-state index contributed by atoms with van der Waals surface area (Å²) in [6, 6.07) is 16.6. The molecule has 0 heterocycles. The van der Waals surface area contributed by atoms with Crippen molar-refractivity contribution in [1.82, 2.24) is 4.90 Å². The molecule has 3 rings (SSSR count). The Balaban J connectivity index is 1.72. The monoisotopic (exact) mass is 349 g/mol. The van der Waals surface area contributed by atoms with Crippen LogP contribution in [0.3, 0.4) is 0 Å². The molecule has 1 aliphatic rings. The first-order valence-electron chi connectivity index (χ1n) is 9.56. The smallest absolute Gasteiger partial charge is 0.253 e. The molecule has 0 aliphatic heterocycles. The Morgan fingerprint density at radius 2 is 1.77 bits per heavy atom. The molecule has 2 unspecified atom stereocenters. The van der Waals surface area contributed by atoms with E-state index in [9.17, 15) is 9.59 Å². The molecule has 3 nitrogen and oxygen atoms in total. The van der Waals surface area contributed by atoms with Crippen LogP contribution in [0.2, 0.25) is 0 Å². The largest absolute Gasteiger partial charge is 0.339 e. The third kappa shape index (κ3) is 4.21. The van der Waals surface area contributed by atoms with E-state index in [1.807, 2.05) is 36.9 Å². The summed E-state index contributed by atoms with van der Waals surface area (Å²) in [6.45, 7) is 5.47. The summed E-state index contributed by atoms with van der Waals surface area (Å²) in [7, 11) is 0. The second kappa shape index (κ2) is 8.31. The minimum absolute atomic E-state index is 0.0975. The summed E-state index contributed by atoms with van der Waals surface area (Å²) >= 11 is 0. The molecule has 26 heavy (non-hydrogen) atoms. The van der Waals surface area contributed by atoms with E-state index in [4.69, 9.17) is 0 Å². The van der Waals surface area contributed by atoms with Crippen molar-refractivity contribution < 1.29 is 9.59 Å². The molecule has 1 amide bonds. The van der Waals surface area contributed by atoms with Crippen LogP contribution < -0.4 is 0 Å². The van der Waals surface area contributed by atoms with Gasteiger partial charge in [-0.25, -0.2) is 0 Å². The summed E-state index contributed by atoms with van der Waals surface area (Å²) in [6.07, 6.45) is 3.64. The Bertz CT molecular complexity index is 779. The predicted octanol–water partition coefficient (Wildman–Crippen LogP) is 4.45. The minimum atomic E-state index is 0.0975.